The first kappa shape index (κ1) is 19.8. The van der Waals surface area contributed by atoms with E-state index in [0.29, 0.717) is 65.9 Å². The molecule has 1 saturated heterocycles. The number of benzene rings is 2. The molecule has 2 aromatic heterocycles. The number of aromatic nitrogens is 5. The summed E-state index contributed by atoms with van der Waals surface area (Å²) >= 11 is 0. The molecule has 0 saturated carbocycles. The number of carbonyl (C=O) groups is 2. The fourth-order valence-corrected chi connectivity index (χ4v) is 3.61. The second kappa shape index (κ2) is 8.16. The molecule has 0 radical (unpaired) electrons. The van der Waals surface area contributed by atoms with Gasteiger partial charge in [-0.2, -0.15) is 4.68 Å². The van der Waals surface area contributed by atoms with Crippen molar-refractivity contribution in [1.29, 1.82) is 0 Å². The number of anilines is 1. The number of aromatic carboxylic acids is 1. The lowest BCUT2D eigenvalue weighted by Crippen LogP contribution is -2.37. The number of nitrogens with zero attached hydrogens (tertiary/aromatic N) is 6. The molecule has 0 aliphatic carbocycles. The third-order valence-electron chi connectivity index (χ3n) is 5.20. The van der Waals surface area contributed by atoms with Crippen LogP contribution >= 0.6 is 0 Å². The monoisotopic (exact) mass is 429 g/mol. The fourth-order valence-electron chi connectivity index (χ4n) is 3.61. The van der Waals surface area contributed by atoms with Crippen molar-refractivity contribution in [3.05, 3.63) is 59.7 Å². The van der Waals surface area contributed by atoms with E-state index in [1.807, 2.05) is 6.07 Å². The quantitative estimate of drug-likeness (QED) is 0.425. The molecule has 0 bridgehead atoms. The highest BCUT2D eigenvalue weighted by molar-refractivity contribution is 5.88. The summed E-state index contributed by atoms with van der Waals surface area (Å²) in [6, 6.07) is 13.2. The van der Waals surface area contributed by atoms with E-state index in [-0.39, 0.29) is 5.56 Å². The number of hydrogen-bond acceptors (Lipinski definition) is 9. The maximum Gasteiger partial charge on any atom is 0.189 e. The van der Waals surface area contributed by atoms with Gasteiger partial charge in [-0.05, 0) is 23.8 Å². The van der Waals surface area contributed by atoms with E-state index in [4.69, 9.17) is 9.72 Å². The molecule has 1 aliphatic rings. The number of carbonyl (C=O) groups excluding carboxylic acids is 2. The van der Waals surface area contributed by atoms with Gasteiger partial charge >= 0.3 is 0 Å². The zero-order valence-electron chi connectivity index (χ0n) is 16.8. The van der Waals surface area contributed by atoms with Crippen LogP contribution in [0.2, 0.25) is 0 Å². The second-order valence-electron chi connectivity index (χ2n) is 7.22. The first-order chi connectivity index (χ1) is 15.6. The first-order valence-electron chi connectivity index (χ1n) is 9.97. The van der Waals surface area contributed by atoms with Gasteiger partial charge in [0.15, 0.2) is 22.8 Å². The molecule has 0 amide bonds. The highest BCUT2D eigenvalue weighted by Crippen LogP contribution is 2.28. The summed E-state index contributed by atoms with van der Waals surface area (Å²) in [6.07, 6.45) is 0.766. The minimum Gasteiger partial charge on any atom is -0.545 e. The molecule has 0 spiro atoms. The molecule has 0 unspecified atom stereocenters. The average molecular weight is 429 g/mol. The van der Waals surface area contributed by atoms with Crippen LogP contribution in [-0.4, -0.2) is 63.5 Å². The lowest BCUT2D eigenvalue weighted by Gasteiger charge is -2.28. The predicted molar refractivity (Wildman–Crippen MR) is 113 cm³/mol. The molecule has 0 atom stereocenters. The Morgan fingerprint density at radius 2 is 1.88 bits per heavy atom. The van der Waals surface area contributed by atoms with Gasteiger partial charge in [-0.1, -0.05) is 35.5 Å². The topological polar surface area (TPSA) is 126 Å². The molecule has 1 aliphatic heterocycles. The summed E-state index contributed by atoms with van der Waals surface area (Å²) in [5, 5.41) is 19.8. The molecule has 3 heterocycles. The van der Waals surface area contributed by atoms with E-state index >= 15 is 0 Å². The summed E-state index contributed by atoms with van der Waals surface area (Å²) in [7, 11) is 0. The third kappa shape index (κ3) is 3.56. The molecule has 1 fully saturated rings. The Kier molecular flexibility index (Phi) is 5.04. The number of aldehydes is 1. The minimum absolute atomic E-state index is 0.0208. The normalized spacial score (nSPS) is 13.9. The van der Waals surface area contributed by atoms with Crippen molar-refractivity contribution < 1.29 is 19.4 Å². The molecular formula is C22H17N6O4-. The van der Waals surface area contributed by atoms with E-state index in [2.05, 4.69) is 20.2 Å². The van der Waals surface area contributed by atoms with Crippen LogP contribution in [0.25, 0.3) is 28.2 Å². The van der Waals surface area contributed by atoms with Crippen LogP contribution in [-0.2, 0) is 4.74 Å². The van der Waals surface area contributed by atoms with Crippen LogP contribution in [0.5, 0.6) is 0 Å². The summed E-state index contributed by atoms with van der Waals surface area (Å²) in [5.74, 6) is -0.277. The first-order valence-corrected chi connectivity index (χ1v) is 9.97. The highest BCUT2D eigenvalue weighted by atomic mass is 16.5. The van der Waals surface area contributed by atoms with Crippen LogP contribution in [0.3, 0.4) is 0 Å². The van der Waals surface area contributed by atoms with Crippen molar-refractivity contribution in [3.8, 4) is 17.1 Å². The number of fused-ring (bicyclic) bond motifs is 1. The Balaban J connectivity index is 1.73. The Morgan fingerprint density at radius 1 is 1.06 bits per heavy atom. The lowest BCUT2D eigenvalue weighted by molar-refractivity contribution is -0.255. The largest absolute Gasteiger partial charge is 0.545 e. The van der Waals surface area contributed by atoms with Gasteiger partial charge in [0.1, 0.15) is 6.29 Å². The highest BCUT2D eigenvalue weighted by Gasteiger charge is 2.22. The average Bonchev–Trinajstić information content (AvgIpc) is 3.28. The smallest absolute Gasteiger partial charge is 0.189 e. The Morgan fingerprint density at radius 3 is 2.66 bits per heavy atom. The number of hydrogen-bond donors (Lipinski definition) is 0. The molecule has 160 valence electrons. The van der Waals surface area contributed by atoms with Crippen LogP contribution in [0.15, 0.2) is 48.5 Å². The number of ether oxygens (including phenoxy) is 1. The van der Waals surface area contributed by atoms with E-state index in [1.165, 1.54) is 16.8 Å². The minimum atomic E-state index is -1.29. The van der Waals surface area contributed by atoms with Crippen molar-refractivity contribution in [2.24, 2.45) is 0 Å². The van der Waals surface area contributed by atoms with Gasteiger partial charge in [-0.25, -0.2) is 9.97 Å². The number of rotatable bonds is 5. The number of morpholine rings is 1. The van der Waals surface area contributed by atoms with Crippen LogP contribution in [0, 0.1) is 0 Å². The lowest BCUT2D eigenvalue weighted by atomic mass is 10.1. The van der Waals surface area contributed by atoms with Crippen LogP contribution in [0.4, 0.5) is 5.82 Å². The van der Waals surface area contributed by atoms with Crippen molar-refractivity contribution >= 4 is 29.2 Å². The zero-order valence-corrected chi connectivity index (χ0v) is 16.8. The summed E-state index contributed by atoms with van der Waals surface area (Å²) < 4.78 is 6.93. The maximum atomic E-state index is 11.3. The Hall–Kier alpha value is -4.18. The van der Waals surface area contributed by atoms with Gasteiger partial charge < -0.3 is 19.5 Å². The standard InChI is InChI=1S/C22H18N6O4/c29-13-14-3-1-4-15(11-14)19-23-20(27-7-9-32-10-8-27)18-21(24-19)28(26-25-18)17-6-2-5-16(12-17)22(30)31/h1-6,11-13H,7-10H2,(H,30,31)/p-1. The van der Waals surface area contributed by atoms with Gasteiger partial charge in [0, 0.05) is 24.2 Å². The van der Waals surface area contributed by atoms with Crippen molar-refractivity contribution in [2.75, 3.05) is 31.2 Å². The third-order valence-corrected chi connectivity index (χ3v) is 5.20. The van der Waals surface area contributed by atoms with Crippen molar-refractivity contribution in [1.82, 2.24) is 25.0 Å². The van der Waals surface area contributed by atoms with E-state index in [0.717, 1.165) is 6.29 Å². The molecule has 10 heteroatoms. The SMILES string of the molecule is O=Cc1cccc(-c2nc(N3CCOCC3)c3nnn(-c4cccc(C(=O)[O-])c4)c3n2)c1. The van der Waals surface area contributed by atoms with Gasteiger partial charge in [-0.3, -0.25) is 4.79 Å². The Labute approximate surface area is 182 Å². The van der Waals surface area contributed by atoms with Crippen molar-refractivity contribution in [3.63, 3.8) is 0 Å². The van der Waals surface area contributed by atoms with Crippen molar-refractivity contribution in [2.45, 2.75) is 0 Å². The predicted octanol–water partition coefficient (Wildman–Crippen LogP) is 0.890. The maximum absolute atomic E-state index is 11.3. The van der Waals surface area contributed by atoms with Gasteiger partial charge in [0.25, 0.3) is 0 Å². The van der Waals surface area contributed by atoms with E-state index < -0.39 is 5.97 Å². The molecule has 4 aromatic rings. The van der Waals surface area contributed by atoms with Gasteiger partial charge in [-0.15, -0.1) is 5.10 Å². The molecule has 32 heavy (non-hydrogen) atoms. The molecule has 10 nitrogen and oxygen atoms in total. The van der Waals surface area contributed by atoms with E-state index in [9.17, 15) is 14.7 Å². The fraction of sp³-hybridized carbons (Fsp3) is 0.182. The van der Waals surface area contributed by atoms with Gasteiger partial charge in [0.2, 0.25) is 0 Å². The zero-order chi connectivity index (χ0) is 22.1. The molecular weight excluding hydrogens is 412 g/mol. The van der Waals surface area contributed by atoms with Gasteiger partial charge in [0.05, 0.1) is 24.9 Å². The van der Waals surface area contributed by atoms with Crippen LogP contribution < -0.4 is 10.0 Å². The number of carboxylic acids is 1. The van der Waals surface area contributed by atoms with Crippen LogP contribution in [0.1, 0.15) is 20.7 Å². The summed E-state index contributed by atoms with van der Waals surface area (Å²) in [5.41, 5.74) is 2.58. The molecule has 0 N–H and O–H groups in total. The Bertz CT molecular complexity index is 1330. The van der Waals surface area contributed by atoms with E-state index in [1.54, 1.807) is 30.3 Å². The summed E-state index contributed by atoms with van der Waals surface area (Å²) in [4.78, 5) is 34.1. The summed E-state index contributed by atoms with van der Waals surface area (Å²) in [6.45, 7) is 2.38. The number of carboxylic acid groups (broad SMARTS) is 1. The molecule has 2 aromatic carbocycles. The second-order valence-corrected chi connectivity index (χ2v) is 7.22. The molecule has 5 rings (SSSR count).